The van der Waals surface area contributed by atoms with Gasteiger partial charge in [0.25, 0.3) is 5.91 Å². The van der Waals surface area contributed by atoms with Crippen LogP contribution >= 0.6 is 22.7 Å². The van der Waals surface area contributed by atoms with Crippen molar-refractivity contribution < 1.29 is 9.53 Å². The number of para-hydroxylation sites is 2. The van der Waals surface area contributed by atoms with Gasteiger partial charge in [-0.25, -0.2) is 4.52 Å². The van der Waals surface area contributed by atoms with Crippen LogP contribution in [0.25, 0.3) is 15.7 Å². The van der Waals surface area contributed by atoms with Crippen molar-refractivity contribution in [1.29, 1.82) is 0 Å². The maximum absolute atomic E-state index is 12.8. The van der Waals surface area contributed by atoms with E-state index in [1.165, 1.54) is 0 Å². The van der Waals surface area contributed by atoms with Crippen molar-refractivity contribution in [2.45, 2.75) is 6.42 Å². The molecule has 6 nitrogen and oxygen atoms in total. The van der Waals surface area contributed by atoms with E-state index < -0.39 is 0 Å². The van der Waals surface area contributed by atoms with Gasteiger partial charge in [-0.05, 0) is 35.7 Å². The smallest absolute Gasteiger partial charge is 0.255 e. The Morgan fingerprint density at radius 3 is 2.68 bits per heavy atom. The van der Waals surface area contributed by atoms with Crippen LogP contribution in [0.5, 0.6) is 11.5 Å². The van der Waals surface area contributed by atoms with Gasteiger partial charge < -0.3 is 10.1 Å². The first-order valence-electron chi connectivity index (χ1n) is 9.75. The molecule has 5 aromatic rings. The minimum atomic E-state index is -0.170. The van der Waals surface area contributed by atoms with E-state index in [4.69, 9.17) is 4.74 Å². The van der Waals surface area contributed by atoms with Crippen LogP contribution in [-0.2, 0) is 6.42 Å². The number of amides is 1. The zero-order valence-corrected chi connectivity index (χ0v) is 18.0. The van der Waals surface area contributed by atoms with Gasteiger partial charge in [0.15, 0.2) is 5.82 Å². The average Bonchev–Trinajstić information content (AvgIpc) is 3.53. The predicted molar refractivity (Wildman–Crippen MR) is 123 cm³/mol. The number of fused-ring (bicyclic) bond motifs is 1. The Kier molecular flexibility index (Phi) is 5.47. The molecule has 0 aliphatic heterocycles. The molecule has 2 aromatic carbocycles. The van der Waals surface area contributed by atoms with Crippen molar-refractivity contribution in [2.75, 3.05) is 6.54 Å². The van der Waals surface area contributed by atoms with Gasteiger partial charge in [0.05, 0.1) is 16.1 Å². The Hall–Kier alpha value is -3.49. The Balaban J connectivity index is 1.26. The maximum Gasteiger partial charge on any atom is 0.255 e. The van der Waals surface area contributed by atoms with Crippen LogP contribution in [0.1, 0.15) is 16.1 Å². The topological polar surface area (TPSA) is 68.5 Å². The number of nitrogens with one attached hydrogen (secondary N) is 1. The van der Waals surface area contributed by atoms with Gasteiger partial charge in [-0.15, -0.1) is 27.8 Å². The Labute approximate surface area is 186 Å². The molecule has 0 saturated carbocycles. The molecule has 0 bridgehead atoms. The number of thiazole rings is 1. The predicted octanol–water partition coefficient (Wildman–Crippen LogP) is 5.28. The summed E-state index contributed by atoms with van der Waals surface area (Å²) in [7, 11) is 0. The van der Waals surface area contributed by atoms with Crippen molar-refractivity contribution in [2.24, 2.45) is 0 Å². The van der Waals surface area contributed by atoms with E-state index in [0.29, 0.717) is 30.0 Å². The van der Waals surface area contributed by atoms with Crippen molar-refractivity contribution in [3.05, 3.63) is 88.7 Å². The fraction of sp³-hybridized carbons (Fsp3) is 0.0870. The number of aromatic nitrogens is 3. The summed E-state index contributed by atoms with van der Waals surface area (Å²) in [5.41, 5.74) is 1.52. The van der Waals surface area contributed by atoms with Gasteiger partial charge in [0.2, 0.25) is 4.96 Å². The standard InChI is InChI=1S/C23H18N4O2S2/c28-22(18-9-4-5-10-19(18)29-17-7-2-1-3-8-17)24-13-12-16-15-31-23-25-21(26-27(16)23)20-11-6-14-30-20/h1-11,14-15H,12-13H2,(H,24,28). The molecule has 0 spiro atoms. The Morgan fingerprint density at radius 2 is 1.84 bits per heavy atom. The zero-order chi connectivity index (χ0) is 21.0. The molecule has 0 unspecified atom stereocenters. The summed E-state index contributed by atoms with van der Waals surface area (Å²) in [6.07, 6.45) is 0.653. The molecule has 1 N–H and O–H groups in total. The summed E-state index contributed by atoms with van der Waals surface area (Å²) in [5.74, 6) is 1.78. The molecule has 3 heterocycles. The third kappa shape index (κ3) is 4.21. The van der Waals surface area contributed by atoms with E-state index in [1.54, 1.807) is 34.8 Å². The second-order valence-electron chi connectivity index (χ2n) is 6.75. The molecule has 0 saturated heterocycles. The summed E-state index contributed by atoms with van der Waals surface area (Å²) < 4.78 is 7.76. The fourth-order valence-electron chi connectivity index (χ4n) is 3.16. The first-order valence-corrected chi connectivity index (χ1v) is 11.5. The van der Waals surface area contributed by atoms with Crippen molar-refractivity contribution >= 4 is 33.5 Å². The van der Waals surface area contributed by atoms with Crippen LogP contribution in [0.2, 0.25) is 0 Å². The lowest BCUT2D eigenvalue weighted by atomic mass is 10.2. The summed E-state index contributed by atoms with van der Waals surface area (Å²) in [5, 5.41) is 11.7. The molecule has 0 aliphatic carbocycles. The zero-order valence-electron chi connectivity index (χ0n) is 16.4. The van der Waals surface area contributed by atoms with E-state index in [2.05, 4.69) is 15.4 Å². The molecule has 0 atom stereocenters. The first-order chi connectivity index (χ1) is 15.3. The number of benzene rings is 2. The number of hydrogen-bond donors (Lipinski definition) is 1. The molecule has 154 valence electrons. The lowest BCUT2D eigenvalue weighted by Gasteiger charge is -2.11. The number of carbonyl (C=O) groups is 1. The van der Waals surface area contributed by atoms with E-state index in [9.17, 15) is 4.79 Å². The van der Waals surface area contributed by atoms with Crippen molar-refractivity contribution in [3.63, 3.8) is 0 Å². The van der Waals surface area contributed by atoms with Crippen LogP contribution in [0.15, 0.2) is 77.5 Å². The number of carbonyl (C=O) groups excluding carboxylic acids is 1. The third-order valence-corrected chi connectivity index (χ3v) is 6.39. The largest absolute Gasteiger partial charge is 0.457 e. The molecule has 5 rings (SSSR count). The molecule has 3 aromatic heterocycles. The Morgan fingerprint density at radius 1 is 1.00 bits per heavy atom. The molecule has 0 radical (unpaired) electrons. The number of rotatable bonds is 7. The van der Waals surface area contributed by atoms with E-state index >= 15 is 0 Å². The Bertz CT molecular complexity index is 1310. The molecular weight excluding hydrogens is 428 g/mol. The molecule has 0 aliphatic rings. The first kappa shape index (κ1) is 19.5. The van der Waals surface area contributed by atoms with Gasteiger partial charge in [-0.1, -0.05) is 36.4 Å². The van der Waals surface area contributed by atoms with Gasteiger partial charge in [-0.3, -0.25) is 4.79 Å². The highest BCUT2D eigenvalue weighted by molar-refractivity contribution is 7.15. The number of ether oxygens (including phenoxy) is 1. The summed E-state index contributed by atoms with van der Waals surface area (Å²) >= 11 is 3.17. The lowest BCUT2D eigenvalue weighted by Crippen LogP contribution is -2.26. The quantitative estimate of drug-likeness (QED) is 0.369. The lowest BCUT2D eigenvalue weighted by molar-refractivity contribution is 0.0951. The molecule has 8 heteroatoms. The second-order valence-corrected chi connectivity index (χ2v) is 8.54. The summed E-state index contributed by atoms with van der Waals surface area (Å²) in [4.78, 5) is 19.3. The van der Waals surface area contributed by atoms with Crippen LogP contribution < -0.4 is 10.1 Å². The van der Waals surface area contributed by atoms with Crippen LogP contribution in [-0.4, -0.2) is 27.0 Å². The third-order valence-electron chi connectivity index (χ3n) is 4.66. The van der Waals surface area contributed by atoms with Crippen LogP contribution in [0, 0.1) is 0 Å². The number of thiophene rings is 1. The average molecular weight is 447 g/mol. The van der Waals surface area contributed by atoms with E-state index in [0.717, 1.165) is 21.4 Å². The van der Waals surface area contributed by atoms with Gasteiger partial charge >= 0.3 is 0 Å². The highest BCUT2D eigenvalue weighted by Crippen LogP contribution is 2.26. The summed E-state index contributed by atoms with van der Waals surface area (Å²) in [6.45, 7) is 0.485. The fourth-order valence-corrected chi connectivity index (χ4v) is 4.67. The minimum Gasteiger partial charge on any atom is -0.457 e. The van der Waals surface area contributed by atoms with Crippen molar-refractivity contribution in [1.82, 2.24) is 19.9 Å². The van der Waals surface area contributed by atoms with Gasteiger partial charge in [-0.2, -0.15) is 4.98 Å². The monoisotopic (exact) mass is 446 g/mol. The molecule has 1 amide bonds. The van der Waals surface area contributed by atoms with Crippen molar-refractivity contribution in [3.8, 4) is 22.2 Å². The second kappa shape index (κ2) is 8.71. The van der Waals surface area contributed by atoms with Crippen LogP contribution in [0.3, 0.4) is 0 Å². The highest BCUT2D eigenvalue weighted by Gasteiger charge is 2.15. The summed E-state index contributed by atoms with van der Waals surface area (Å²) in [6, 6.07) is 20.7. The van der Waals surface area contributed by atoms with Gasteiger partial charge in [0.1, 0.15) is 11.5 Å². The van der Waals surface area contributed by atoms with E-state index in [-0.39, 0.29) is 5.91 Å². The number of nitrogens with zero attached hydrogens (tertiary/aromatic N) is 3. The van der Waals surface area contributed by atoms with Gasteiger partial charge in [0, 0.05) is 18.3 Å². The highest BCUT2D eigenvalue weighted by atomic mass is 32.1. The maximum atomic E-state index is 12.8. The normalized spacial score (nSPS) is 11.0. The molecule has 31 heavy (non-hydrogen) atoms. The minimum absolute atomic E-state index is 0.170. The number of hydrogen-bond acceptors (Lipinski definition) is 6. The van der Waals surface area contributed by atoms with Crippen LogP contribution in [0.4, 0.5) is 0 Å². The SMILES string of the molecule is O=C(NCCc1csc2nc(-c3cccs3)nn12)c1ccccc1Oc1ccccc1. The molecular formula is C23H18N4O2S2. The van der Waals surface area contributed by atoms with E-state index in [1.807, 2.05) is 69.9 Å². The molecule has 0 fully saturated rings.